The predicted octanol–water partition coefficient (Wildman–Crippen LogP) is 7.89. The summed E-state index contributed by atoms with van der Waals surface area (Å²) in [6.45, 7) is 4.43. The van der Waals surface area contributed by atoms with Gasteiger partial charge in [-0.15, -0.1) is 0 Å². The standard InChI is InChI=1S/C26H40O3S/c1-3-5-7-9-11-13-15-22-17-18-23-20-24(16-14-12-10-8-6-4-2)26(30(27,28)29)21-25(23)19-22/h17-21H,3-16H2,1-2H3,(H,27,28,29). The number of hydrogen-bond donors (Lipinski definition) is 1. The normalized spacial score (nSPS) is 12.0. The second-order valence-corrected chi connectivity index (χ2v) is 10.0. The maximum atomic E-state index is 12.0. The van der Waals surface area contributed by atoms with E-state index < -0.39 is 10.1 Å². The zero-order chi connectivity index (χ0) is 21.8. The Bertz CT molecular complexity index is 871. The molecule has 0 radical (unpaired) electrons. The SMILES string of the molecule is CCCCCCCCc1ccc2cc(CCCCCCCC)c(S(=O)(=O)O)cc2c1. The van der Waals surface area contributed by atoms with Crippen LogP contribution >= 0.6 is 0 Å². The minimum absolute atomic E-state index is 0.0836. The Kier molecular flexibility index (Phi) is 10.9. The van der Waals surface area contributed by atoms with Gasteiger partial charge in [0.1, 0.15) is 0 Å². The molecule has 0 aliphatic heterocycles. The average Bonchev–Trinajstić information content (AvgIpc) is 2.72. The first-order valence-corrected chi connectivity index (χ1v) is 13.4. The fourth-order valence-corrected chi connectivity index (χ4v) is 4.94. The molecule has 30 heavy (non-hydrogen) atoms. The fraction of sp³-hybridized carbons (Fsp3) is 0.615. The van der Waals surface area contributed by atoms with E-state index in [1.165, 1.54) is 63.4 Å². The minimum Gasteiger partial charge on any atom is -0.282 e. The molecule has 0 atom stereocenters. The molecule has 0 heterocycles. The van der Waals surface area contributed by atoms with E-state index in [2.05, 4.69) is 32.0 Å². The van der Waals surface area contributed by atoms with Gasteiger partial charge in [0.15, 0.2) is 0 Å². The first-order valence-electron chi connectivity index (χ1n) is 12.0. The average molecular weight is 433 g/mol. The van der Waals surface area contributed by atoms with Gasteiger partial charge in [-0.2, -0.15) is 8.42 Å². The maximum Gasteiger partial charge on any atom is 0.294 e. The largest absolute Gasteiger partial charge is 0.294 e. The number of benzene rings is 2. The first kappa shape index (κ1) is 24.9. The summed E-state index contributed by atoms with van der Waals surface area (Å²) < 4.78 is 33.8. The van der Waals surface area contributed by atoms with Crippen LogP contribution in [0.3, 0.4) is 0 Å². The van der Waals surface area contributed by atoms with Crippen LogP contribution in [0, 0.1) is 0 Å². The molecule has 0 saturated carbocycles. The number of fused-ring (bicyclic) bond motifs is 1. The van der Waals surface area contributed by atoms with Gasteiger partial charge in [0.05, 0.1) is 4.90 Å². The number of aryl methyl sites for hydroxylation is 2. The van der Waals surface area contributed by atoms with Crippen LogP contribution in [-0.4, -0.2) is 13.0 Å². The Balaban J connectivity index is 2.06. The lowest BCUT2D eigenvalue weighted by atomic mass is 9.98. The van der Waals surface area contributed by atoms with Crippen LogP contribution in [-0.2, 0) is 23.0 Å². The summed E-state index contributed by atoms with van der Waals surface area (Å²) in [4.78, 5) is 0.0836. The Morgan fingerprint density at radius 3 is 1.83 bits per heavy atom. The van der Waals surface area contributed by atoms with Gasteiger partial charge < -0.3 is 0 Å². The van der Waals surface area contributed by atoms with Gasteiger partial charge in [-0.05, 0) is 59.7 Å². The van der Waals surface area contributed by atoms with E-state index >= 15 is 0 Å². The molecular formula is C26H40O3S. The molecule has 168 valence electrons. The maximum absolute atomic E-state index is 12.0. The molecule has 0 amide bonds. The molecule has 1 N–H and O–H groups in total. The monoisotopic (exact) mass is 432 g/mol. The Hall–Kier alpha value is -1.39. The minimum atomic E-state index is -4.22. The first-order chi connectivity index (χ1) is 14.5. The zero-order valence-electron chi connectivity index (χ0n) is 19.0. The van der Waals surface area contributed by atoms with Gasteiger partial charge >= 0.3 is 0 Å². The van der Waals surface area contributed by atoms with E-state index in [0.717, 1.165) is 42.0 Å². The van der Waals surface area contributed by atoms with Gasteiger partial charge in [-0.1, -0.05) is 96.3 Å². The molecule has 3 nitrogen and oxygen atoms in total. The zero-order valence-corrected chi connectivity index (χ0v) is 19.8. The molecular weight excluding hydrogens is 392 g/mol. The summed E-state index contributed by atoms with van der Waals surface area (Å²) in [6.07, 6.45) is 16.2. The summed E-state index contributed by atoms with van der Waals surface area (Å²) >= 11 is 0. The van der Waals surface area contributed by atoms with Crippen LogP contribution in [0.2, 0.25) is 0 Å². The van der Waals surface area contributed by atoms with Crippen molar-refractivity contribution in [2.45, 2.75) is 109 Å². The van der Waals surface area contributed by atoms with Crippen LogP contribution in [0.15, 0.2) is 35.2 Å². The molecule has 2 rings (SSSR count). The fourth-order valence-electron chi connectivity index (χ4n) is 4.17. The van der Waals surface area contributed by atoms with Gasteiger partial charge in [0, 0.05) is 0 Å². The lowest BCUT2D eigenvalue weighted by Crippen LogP contribution is -2.04. The molecule has 2 aromatic carbocycles. The topological polar surface area (TPSA) is 54.4 Å². The molecule has 0 bridgehead atoms. The molecule has 2 aromatic rings. The van der Waals surface area contributed by atoms with E-state index in [-0.39, 0.29) is 4.90 Å². The van der Waals surface area contributed by atoms with E-state index in [1.54, 1.807) is 6.07 Å². The lowest BCUT2D eigenvalue weighted by Gasteiger charge is -2.11. The Morgan fingerprint density at radius 2 is 1.23 bits per heavy atom. The van der Waals surface area contributed by atoms with Crippen LogP contribution < -0.4 is 0 Å². The van der Waals surface area contributed by atoms with Crippen molar-refractivity contribution in [1.29, 1.82) is 0 Å². The Morgan fingerprint density at radius 1 is 0.667 bits per heavy atom. The summed E-state index contributed by atoms with van der Waals surface area (Å²) in [5.41, 5.74) is 1.98. The lowest BCUT2D eigenvalue weighted by molar-refractivity contribution is 0.482. The van der Waals surface area contributed by atoms with Crippen molar-refractivity contribution in [3.63, 3.8) is 0 Å². The smallest absolute Gasteiger partial charge is 0.282 e. The predicted molar refractivity (Wildman–Crippen MR) is 128 cm³/mol. The van der Waals surface area contributed by atoms with Crippen LogP contribution in [0.5, 0.6) is 0 Å². The third-order valence-electron chi connectivity index (χ3n) is 5.98. The van der Waals surface area contributed by atoms with Crippen LogP contribution in [0.4, 0.5) is 0 Å². The number of unbranched alkanes of at least 4 members (excludes halogenated alkanes) is 10. The van der Waals surface area contributed by atoms with Crippen LogP contribution in [0.25, 0.3) is 10.8 Å². The van der Waals surface area contributed by atoms with Crippen LogP contribution in [0.1, 0.15) is 102 Å². The molecule has 0 spiro atoms. The molecule has 0 aliphatic rings. The second kappa shape index (κ2) is 13.1. The van der Waals surface area contributed by atoms with E-state index in [1.807, 2.05) is 6.07 Å². The summed E-state index contributed by atoms with van der Waals surface area (Å²) in [5, 5.41) is 1.95. The van der Waals surface area contributed by atoms with Crippen molar-refractivity contribution < 1.29 is 13.0 Å². The van der Waals surface area contributed by atoms with E-state index in [9.17, 15) is 13.0 Å². The van der Waals surface area contributed by atoms with Crippen molar-refractivity contribution in [3.05, 3.63) is 41.5 Å². The highest BCUT2D eigenvalue weighted by Gasteiger charge is 2.16. The summed E-state index contributed by atoms with van der Waals surface area (Å²) in [7, 11) is -4.22. The highest BCUT2D eigenvalue weighted by molar-refractivity contribution is 7.85. The molecule has 0 aliphatic carbocycles. The van der Waals surface area contributed by atoms with Gasteiger partial charge in [0.2, 0.25) is 0 Å². The molecule has 4 heteroatoms. The number of rotatable bonds is 15. The van der Waals surface area contributed by atoms with Gasteiger partial charge in [-0.3, -0.25) is 4.55 Å². The molecule has 0 fully saturated rings. The second-order valence-electron chi connectivity index (χ2n) is 8.65. The number of hydrogen-bond acceptors (Lipinski definition) is 2. The summed E-state index contributed by atoms with van der Waals surface area (Å²) in [5.74, 6) is 0. The highest BCUT2D eigenvalue weighted by atomic mass is 32.2. The molecule has 0 aromatic heterocycles. The highest BCUT2D eigenvalue weighted by Crippen LogP contribution is 2.27. The van der Waals surface area contributed by atoms with E-state index in [4.69, 9.17) is 0 Å². The van der Waals surface area contributed by atoms with Crippen molar-refractivity contribution in [1.82, 2.24) is 0 Å². The third-order valence-corrected chi connectivity index (χ3v) is 6.92. The van der Waals surface area contributed by atoms with Crippen molar-refractivity contribution in [2.24, 2.45) is 0 Å². The summed E-state index contributed by atoms with van der Waals surface area (Å²) in [6, 6.07) is 9.97. The van der Waals surface area contributed by atoms with Gasteiger partial charge in [-0.25, -0.2) is 0 Å². The Labute approximate surface area is 184 Å². The molecule has 0 unspecified atom stereocenters. The van der Waals surface area contributed by atoms with Crippen molar-refractivity contribution in [3.8, 4) is 0 Å². The van der Waals surface area contributed by atoms with Crippen molar-refractivity contribution in [2.75, 3.05) is 0 Å². The van der Waals surface area contributed by atoms with Gasteiger partial charge in [0.25, 0.3) is 10.1 Å². The third kappa shape index (κ3) is 8.39. The van der Waals surface area contributed by atoms with Crippen molar-refractivity contribution >= 4 is 20.9 Å². The molecule has 0 saturated heterocycles. The quantitative estimate of drug-likeness (QED) is 0.230. The van der Waals surface area contributed by atoms with E-state index in [0.29, 0.717) is 6.42 Å².